The van der Waals surface area contributed by atoms with Crippen molar-refractivity contribution in [3.05, 3.63) is 34.4 Å². The zero-order valence-corrected chi connectivity index (χ0v) is 11.1. The summed E-state index contributed by atoms with van der Waals surface area (Å²) >= 11 is 3.29. The molecular formula is C12H11BrFN3O. The van der Waals surface area contributed by atoms with E-state index in [9.17, 15) is 4.39 Å². The first kappa shape index (κ1) is 11.8. The molecule has 1 fully saturated rings. The molecule has 1 aromatic carbocycles. The third-order valence-electron chi connectivity index (χ3n) is 2.74. The van der Waals surface area contributed by atoms with Gasteiger partial charge in [-0.15, -0.1) is 10.2 Å². The van der Waals surface area contributed by atoms with E-state index in [4.69, 9.17) is 4.42 Å². The highest BCUT2D eigenvalue weighted by Crippen LogP contribution is 2.25. The molecule has 1 saturated carbocycles. The van der Waals surface area contributed by atoms with E-state index in [1.54, 1.807) is 12.1 Å². The summed E-state index contributed by atoms with van der Waals surface area (Å²) in [4.78, 5) is 0. The Morgan fingerprint density at radius 2 is 2.22 bits per heavy atom. The first-order valence-corrected chi connectivity index (χ1v) is 6.53. The molecule has 0 radical (unpaired) electrons. The lowest BCUT2D eigenvalue weighted by Gasteiger charge is -1.98. The molecule has 94 valence electrons. The van der Waals surface area contributed by atoms with Gasteiger partial charge in [-0.3, -0.25) is 0 Å². The third-order valence-corrected chi connectivity index (χ3v) is 3.24. The molecule has 18 heavy (non-hydrogen) atoms. The van der Waals surface area contributed by atoms with E-state index >= 15 is 0 Å². The fourth-order valence-electron chi connectivity index (χ4n) is 1.61. The van der Waals surface area contributed by atoms with Crippen molar-refractivity contribution in [3.8, 4) is 11.5 Å². The first-order chi connectivity index (χ1) is 8.72. The maximum Gasteiger partial charge on any atom is 0.250 e. The van der Waals surface area contributed by atoms with E-state index < -0.39 is 0 Å². The Labute approximate surface area is 112 Å². The Morgan fingerprint density at radius 1 is 1.39 bits per heavy atom. The van der Waals surface area contributed by atoms with Crippen molar-refractivity contribution in [1.82, 2.24) is 15.5 Å². The van der Waals surface area contributed by atoms with Gasteiger partial charge in [0.15, 0.2) is 0 Å². The summed E-state index contributed by atoms with van der Waals surface area (Å²) in [6, 6.07) is 5.19. The number of halogens is 2. The number of benzene rings is 1. The van der Waals surface area contributed by atoms with Crippen molar-refractivity contribution in [2.75, 3.05) is 0 Å². The van der Waals surface area contributed by atoms with Crippen LogP contribution < -0.4 is 5.32 Å². The third kappa shape index (κ3) is 2.59. The van der Waals surface area contributed by atoms with E-state index in [1.807, 2.05) is 0 Å². The molecule has 3 rings (SSSR count). The zero-order valence-electron chi connectivity index (χ0n) is 9.49. The largest absolute Gasteiger partial charge is 0.419 e. The SMILES string of the molecule is Fc1ccc(Br)cc1-c1nnc(CNC2CC2)o1. The molecule has 0 unspecified atom stereocenters. The summed E-state index contributed by atoms with van der Waals surface area (Å²) in [5.74, 6) is 0.321. The molecule has 0 bridgehead atoms. The van der Waals surface area contributed by atoms with Crippen LogP contribution in [0.5, 0.6) is 0 Å². The van der Waals surface area contributed by atoms with Gasteiger partial charge >= 0.3 is 0 Å². The van der Waals surface area contributed by atoms with Gasteiger partial charge < -0.3 is 9.73 Å². The monoisotopic (exact) mass is 311 g/mol. The van der Waals surface area contributed by atoms with Gasteiger partial charge in [0.25, 0.3) is 5.89 Å². The van der Waals surface area contributed by atoms with Gasteiger partial charge in [0.05, 0.1) is 12.1 Å². The maximum absolute atomic E-state index is 13.6. The van der Waals surface area contributed by atoms with Gasteiger partial charge in [-0.1, -0.05) is 15.9 Å². The van der Waals surface area contributed by atoms with E-state index in [1.165, 1.54) is 18.9 Å². The Balaban J connectivity index is 1.80. The number of rotatable bonds is 4. The molecule has 1 aliphatic rings. The molecule has 0 saturated heterocycles. The van der Waals surface area contributed by atoms with Crippen molar-refractivity contribution in [1.29, 1.82) is 0 Å². The van der Waals surface area contributed by atoms with Crippen LogP contribution in [0, 0.1) is 5.82 Å². The summed E-state index contributed by atoms with van der Waals surface area (Å²) in [6.45, 7) is 0.535. The second kappa shape index (κ2) is 4.78. The van der Waals surface area contributed by atoms with Gasteiger partial charge in [0, 0.05) is 10.5 Å². The number of nitrogens with one attached hydrogen (secondary N) is 1. The second-order valence-electron chi connectivity index (χ2n) is 4.28. The van der Waals surface area contributed by atoms with Crippen molar-refractivity contribution in [2.45, 2.75) is 25.4 Å². The van der Waals surface area contributed by atoms with Crippen LogP contribution in [0.15, 0.2) is 27.1 Å². The lowest BCUT2D eigenvalue weighted by molar-refractivity contribution is 0.474. The number of hydrogen-bond acceptors (Lipinski definition) is 4. The molecule has 0 aliphatic heterocycles. The summed E-state index contributed by atoms with van der Waals surface area (Å²) in [6.07, 6.45) is 2.39. The summed E-state index contributed by atoms with van der Waals surface area (Å²) in [5.41, 5.74) is 0.314. The minimum atomic E-state index is -0.372. The Morgan fingerprint density at radius 3 is 3.00 bits per heavy atom. The summed E-state index contributed by atoms with van der Waals surface area (Å²) in [7, 11) is 0. The van der Waals surface area contributed by atoms with Crippen molar-refractivity contribution < 1.29 is 8.81 Å². The molecule has 1 heterocycles. The molecule has 0 atom stereocenters. The standard InChI is InChI=1S/C12H11BrFN3O/c13-7-1-4-10(14)9(5-7)12-17-16-11(18-12)6-15-8-2-3-8/h1,4-5,8,15H,2-3,6H2. The number of hydrogen-bond donors (Lipinski definition) is 1. The maximum atomic E-state index is 13.6. The van der Waals surface area contributed by atoms with E-state index in [0.717, 1.165) is 4.47 Å². The fraction of sp³-hybridized carbons (Fsp3) is 0.333. The highest BCUT2D eigenvalue weighted by atomic mass is 79.9. The highest BCUT2D eigenvalue weighted by molar-refractivity contribution is 9.10. The molecular weight excluding hydrogens is 301 g/mol. The Hall–Kier alpha value is -1.27. The fourth-order valence-corrected chi connectivity index (χ4v) is 1.98. The molecule has 0 amide bonds. The van der Waals surface area contributed by atoms with E-state index in [2.05, 4.69) is 31.4 Å². The Kier molecular flexibility index (Phi) is 3.13. The molecule has 1 aliphatic carbocycles. The molecule has 1 N–H and O–H groups in total. The molecule has 2 aromatic rings. The molecule has 6 heteroatoms. The predicted molar refractivity (Wildman–Crippen MR) is 67.3 cm³/mol. The van der Waals surface area contributed by atoms with Crippen LogP contribution >= 0.6 is 15.9 Å². The molecule has 1 aromatic heterocycles. The van der Waals surface area contributed by atoms with Crippen LogP contribution in [-0.4, -0.2) is 16.2 Å². The van der Waals surface area contributed by atoms with Crippen LogP contribution in [0.25, 0.3) is 11.5 Å². The van der Waals surface area contributed by atoms with Gasteiger partial charge in [0.2, 0.25) is 5.89 Å². The second-order valence-corrected chi connectivity index (χ2v) is 5.20. The normalized spacial score (nSPS) is 15.0. The van der Waals surface area contributed by atoms with E-state index in [0.29, 0.717) is 24.0 Å². The van der Waals surface area contributed by atoms with Crippen molar-refractivity contribution in [2.24, 2.45) is 0 Å². The van der Waals surface area contributed by atoms with Gasteiger partial charge in [-0.05, 0) is 31.0 Å². The first-order valence-electron chi connectivity index (χ1n) is 5.73. The van der Waals surface area contributed by atoms with E-state index in [-0.39, 0.29) is 11.7 Å². The zero-order chi connectivity index (χ0) is 12.5. The molecule has 0 spiro atoms. The van der Waals surface area contributed by atoms with Crippen LogP contribution in [0.2, 0.25) is 0 Å². The van der Waals surface area contributed by atoms with Gasteiger partial charge in [0.1, 0.15) is 5.82 Å². The topological polar surface area (TPSA) is 51.0 Å². The minimum absolute atomic E-state index is 0.210. The minimum Gasteiger partial charge on any atom is -0.419 e. The van der Waals surface area contributed by atoms with Crippen LogP contribution in [0.4, 0.5) is 4.39 Å². The summed E-state index contributed by atoms with van der Waals surface area (Å²) < 4.78 is 19.8. The van der Waals surface area contributed by atoms with Crippen molar-refractivity contribution >= 4 is 15.9 Å². The molecule has 4 nitrogen and oxygen atoms in total. The number of aromatic nitrogens is 2. The average molecular weight is 312 g/mol. The lowest BCUT2D eigenvalue weighted by atomic mass is 10.2. The van der Waals surface area contributed by atoms with Crippen LogP contribution in [0.1, 0.15) is 18.7 Å². The lowest BCUT2D eigenvalue weighted by Crippen LogP contribution is -2.15. The smallest absolute Gasteiger partial charge is 0.250 e. The average Bonchev–Trinajstić information content (AvgIpc) is 3.08. The van der Waals surface area contributed by atoms with Crippen molar-refractivity contribution in [3.63, 3.8) is 0 Å². The number of nitrogens with zero attached hydrogens (tertiary/aromatic N) is 2. The quantitative estimate of drug-likeness (QED) is 0.943. The van der Waals surface area contributed by atoms with Crippen LogP contribution in [0.3, 0.4) is 0 Å². The Bertz CT molecular complexity index is 568. The summed E-state index contributed by atoms with van der Waals surface area (Å²) in [5, 5.41) is 11.0. The highest BCUT2D eigenvalue weighted by Gasteiger charge is 2.21. The van der Waals surface area contributed by atoms with Gasteiger partial charge in [-0.25, -0.2) is 4.39 Å². The predicted octanol–water partition coefficient (Wildman–Crippen LogP) is 2.89. The van der Waals surface area contributed by atoms with Gasteiger partial charge in [-0.2, -0.15) is 0 Å². The van der Waals surface area contributed by atoms with Crippen LogP contribution in [-0.2, 0) is 6.54 Å².